The molecule has 0 aliphatic carbocycles. The molecule has 8 nitrogen and oxygen atoms in total. The van der Waals surface area contributed by atoms with Crippen molar-refractivity contribution in [2.24, 2.45) is 0 Å². The number of carbonyl (C=O) groups is 1. The Bertz CT molecular complexity index is 1370. The molecule has 0 saturated heterocycles. The topological polar surface area (TPSA) is 95.5 Å². The molecule has 0 aliphatic heterocycles. The van der Waals surface area contributed by atoms with Crippen LogP contribution in [-0.4, -0.2) is 22.2 Å². The van der Waals surface area contributed by atoms with E-state index in [0.29, 0.717) is 28.1 Å². The van der Waals surface area contributed by atoms with Gasteiger partial charge in [-0.2, -0.15) is 0 Å². The van der Waals surface area contributed by atoms with E-state index in [-0.39, 0.29) is 13.1 Å². The number of aryl methyl sites for hydroxylation is 1. The van der Waals surface area contributed by atoms with E-state index in [4.69, 9.17) is 9.15 Å². The van der Waals surface area contributed by atoms with Crippen molar-refractivity contribution in [3.63, 3.8) is 0 Å². The Kier molecular flexibility index (Phi) is 5.44. The van der Waals surface area contributed by atoms with Gasteiger partial charge in [0.05, 0.1) is 36.5 Å². The largest absolute Gasteiger partial charge is 0.495 e. The monoisotopic (exact) mass is 419 g/mol. The van der Waals surface area contributed by atoms with Crippen LogP contribution in [0.2, 0.25) is 0 Å². The van der Waals surface area contributed by atoms with E-state index >= 15 is 0 Å². The Labute approximate surface area is 177 Å². The van der Waals surface area contributed by atoms with Gasteiger partial charge in [-0.3, -0.25) is 18.7 Å². The zero-order chi connectivity index (χ0) is 22.0. The Morgan fingerprint density at radius 3 is 2.61 bits per heavy atom. The fourth-order valence-corrected chi connectivity index (χ4v) is 3.47. The first-order chi connectivity index (χ1) is 15.0. The van der Waals surface area contributed by atoms with Crippen LogP contribution in [0.4, 0.5) is 5.69 Å². The van der Waals surface area contributed by atoms with Gasteiger partial charge in [0, 0.05) is 0 Å². The van der Waals surface area contributed by atoms with Crippen LogP contribution in [0, 0.1) is 6.92 Å². The first kappa shape index (κ1) is 20.2. The van der Waals surface area contributed by atoms with E-state index < -0.39 is 17.2 Å². The van der Waals surface area contributed by atoms with Gasteiger partial charge in [0.15, 0.2) is 0 Å². The smallest absolute Gasteiger partial charge is 0.332 e. The molecule has 0 saturated carbocycles. The lowest BCUT2D eigenvalue weighted by Gasteiger charge is -2.15. The SMILES string of the molecule is COc1ccc(C)cc1NC(=O)Cn1c(=O)n(Cc2ccco2)c(=O)c2ccccc21. The number of para-hydroxylation sites is 1. The molecule has 0 spiro atoms. The average Bonchev–Trinajstić information content (AvgIpc) is 3.28. The quantitative estimate of drug-likeness (QED) is 0.519. The van der Waals surface area contributed by atoms with Crippen LogP contribution in [0.5, 0.6) is 5.75 Å². The van der Waals surface area contributed by atoms with Crippen molar-refractivity contribution in [1.82, 2.24) is 9.13 Å². The van der Waals surface area contributed by atoms with E-state index in [1.165, 1.54) is 17.9 Å². The minimum atomic E-state index is -0.591. The second-order valence-corrected chi connectivity index (χ2v) is 7.11. The maximum atomic E-state index is 13.2. The highest BCUT2D eigenvalue weighted by Crippen LogP contribution is 2.25. The number of methoxy groups -OCH3 is 1. The molecule has 0 aliphatic rings. The van der Waals surface area contributed by atoms with Crippen LogP contribution >= 0.6 is 0 Å². The predicted octanol–water partition coefficient (Wildman–Crippen LogP) is 2.76. The number of carbonyl (C=O) groups excluding carboxylic acids is 1. The normalized spacial score (nSPS) is 10.9. The van der Waals surface area contributed by atoms with Crippen molar-refractivity contribution < 1.29 is 13.9 Å². The second kappa shape index (κ2) is 8.35. The highest BCUT2D eigenvalue weighted by molar-refractivity contribution is 5.93. The standard InChI is InChI=1S/C23H21N3O5/c1-15-9-10-20(30-2)18(12-15)24-21(27)14-25-19-8-4-3-7-17(19)22(28)26(23(25)29)13-16-6-5-11-31-16/h3-12H,13-14H2,1-2H3,(H,24,27). The van der Waals surface area contributed by atoms with Crippen molar-refractivity contribution in [3.8, 4) is 5.75 Å². The summed E-state index contributed by atoms with van der Waals surface area (Å²) in [7, 11) is 1.52. The summed E-state index contributed by atoms with van der Waals surface area (Å²) in [5.41, 5.74) is 0.819. The van der Waals surface area contributed by atoms with E-state index in [0.717, 1.165) is 10.1 Å². The minimum absolute atomic E-state index is 0.0250. The number of furan rings is 1. The molecular formula is C23H21N3O5. The fraction of sp³-hybridized carbons (Fsp3) is 0.174. The first-order valence-corrected chi connectivity index (χ1v) is 9.67. The summed E-state index contributed by atoms with van der Waals surface area (Å²) >= 11 is 0. The van der Waals surface area contributed by atoms with Gasteiger partial charge in [-0.05, 0) is 48.9 Å². The number of hydrogen-bond acceptors (Lipinski definition) is 5. The third-order valence-corrected chi connectivity index (χ3v) is 4.96. The maximum absolute atomic E-state index is 13.2. The molecule has 1 N–H and O–H groups in total. The minimum Gasteiger partial charge on any atom is -0.495 e. The van der Waals surface area contributed by atoms with E-state index in [1.54, 1.807) is 48.5 Å². The van der Waals surface area contributed by atoms with Crippen molar-refractivity contribution in [2.75, 3.05) is 12.4 Å². The molecule has 31 heavy (non-hydrogen) atoms. The molecule has 0 radical (unpaired) electrons. The number of anilines is 1. The lowest BCUT2D eigenvalue weighted by Crippen LogP contribution is -2.42. The molecule has 0 atom stereocenters. The number of aromatic nitrogens is 2. The van der Waals surface area contributed by atoms with Gasteiger partial charge in [0.1, 0.15) is 18.1 Å². The summed E-state index contributed by atoms with van der Waals surface area (Å²) in [5, 5.41) is 3.13. The van der Waals surface area contributed by atoms with Gasteiger partial charge >= 0.3 is 5.69 Å². The molecule has 2 aromatic carbocycles. The molecule has 0 bridgehead atoms. The Balaban J connectivity index is 1.75. The summed E-state index contributed by atoms with van der Waals surface area (Å²) in [5.74, 6) is 0.563. The third-order valence-electron chi connectivity index (χ3n) is 4.96. The van der Waals surface area contributed by atoms with Crippen LogP contribution in [0.15, 0.2) is 74.9 Å². The van der Waals surface area contributed by atoms with Gasteiger partial charge in [-0.25, -0.2) is 4.79 Å². The zero-order valence-corrected chi connectivity index (χ0v) is 17.1. The van der Waals surface area contributed by atoms with Gasteiger partial charge in [0.2, 0.25) is 5.91 Å². The zero-order valence-electron chi connectivity index (χ0n) is 17.1. The second-order valence-electron chi connectivity index (χ2n) is 7.11. The molecule has 2 aromatic heterocycles. The van der Waals surface area contributed by atoms with Crippen molar-refractivity contribution in [2.45, 2.75) is 20.0 Å². The summed E-state index contributed by atoms with van der Waals surface area (Å²) in [6.45, 7) is 1.61. The summed E-state index contributed by atoms with van der Waals surface area (Å²) < 4.78 is 13.0. The molecule has 1 amide bonds. The summed E-state index contributed by atoms with van der Waals surface area (Å²) in [6.07, 6.45) is 1.47. The molecule has 4 aromatic rings. The highest BCUT2D eigenvalue weighted by atomic mass is 16.5. The number of fused-ring (bicyclic) bond motifs is 1. The number of amides is 1. The van der Waals surface area contributed by atoms with E-state index in [1.807, 2.05) is 13.0 Å². The van der Waals surface area contributed by atoms with Crippen LogP contribution in [0.1, 0.15) is 11.3 Å². The van der Waals surface area contributed by atoms with Crippen LogP contribution in [0.25, 0.3) is 10.9 Å². The van der Waals surface area contributed by atoms with E-state index in [2.05, 4.69) is 5.32 Å². The molecule has 0 fully saturated rings. The average molecular weight is 419 g/mol. The molecule has 2 heterocycles. The lowest BCUT2D eigenvalue weighted by molar-refractivity contribution is -0.116. The van der Waals surface area contributed by atoms with Gasteiger partial charge < -0.3 is 14.5 Å². The van der Waals surface area contributed by atoms with Gasteiger partial charge in [-0.15, -0.1) is 0 Å². The van der Waals surface area contributed by atoms with Crippen molar-refractivity contribution in [3.05, 3.63) is 93.0 Å². The summed E-state index contributed by atoms with van der Waals surface area (Å²) in [6, 6.07) is 15.5. The number of hydrogen-bond donors (Lipinski definition) is 1. The van der Waals surface area contributed by atoms with Crippen molar-refractivity contribution in [1.29, 1.82) is 0 Å². The molecule has 8 heteroatoms. The Morgan fingerprint density at radius 1 is 1.06 bits per heavy atom. The maximum Gasteiger partial charge on any atom is 0.332 e. The van der Waals surface area contributed by atoms with Gasteiger partial charge in [-0.1, -0.05) is 18.2 Å². The molecular weight excluding hydrogens is 398 g/mol. The number of nitrogens with one attached hydrogen (secondary N) is 1. The fourth-order valence-electron chi connectivity index (χ4n) is 3.47. The Morgan fingerprint density at radius 2 is 1.87 bits per heavy atom. The molecule has 158 valence electrons. The van der Waals surface area contributed by atoms with Crippen molar-refractivity contribution >= 4 is 22.5 Å². The number of rotatable bonds is 6. The number of ether oxygens (including phenoxy) is 1. The number of nitrogens with zero attached hydrogens (tertiary/aromatic N) is 2. The molecule has 4 rings (SSSR count). The molecule has 0 unspecified atom stereocenters. The third kappa shape index (κ3) is 4.00. The van der Waals surface area contributed by atoms with E-state index in [9.17, 15) is 14.4 Å². The number of benzene rings is 2. The summed E-state index contributed by atoms with van der Waals surface area (Å²) in [4.78, 5) is 38.9. The predicted molar refractivity (Wildman–Crippen MR) is 117 cm³/mol. The van der Waals surface area contributed by atoms with Crippen LogP contribution < -0.4 is 21.3 Å². The van der Waals surface area contributed by atoms with Gasteiger partial charge in [0.25, 0.3) is 5.56 Å². The highest BCUT2D eigenvalue weighted by Gasteiger charge is 2.17. The van der Waals surface area contributed by atoms with Crippen LogP contribution in [-0.2, 0) is 17.9 Å². The Hall–Kier alpha value is -4.07. The van der Waals surface area contributed by atoms with Crippen LogP contribution in [0.3, 0.4) is 0 Å². The lowest BCUT2D eigenvalue weighted by atomic mass is 10.2. The first-order valence-electron chi connectivity index (χ1n) is 9.67.